The zero-order valence-electron chi connectivity index (χ0n) is 16.9. The van der Waals surface area contributed by atoms with Crippen LogP contribution >= 0.6 is 0 Å². The van der Waals surface area contributed by atoms with Gasteiger partial charge < -0.3 is 19.2 Å². The van der Waals surface area contributed by atoms with E-state index in [1.165, 1.54) is 0 Å². The third kappa shape index (κ3) is 4.62. The van der Waals surface area contributed by atoms with Crippen molar-refractivity contribution in [3.8, 4) is 5.75 Å². The number of benzene rings is 1. The molecule has 2 aliphatic rings. The summed E-state index contributed by atoms with van der Waals surface area (Å²) in [6.45, 7) is 6.94. The van der Waals surface area contributed by atoms with Crippen molar-refractivity contribution in [3.05, 3.63) is 39.2 Å². The van der Waals surface area contributed by atoms with Gasteiger partial charge in [-0.15, -0.1) is 0 Å². The normalized spacial score (nSPS) is 16.7. The number of carbonyl (C=O) groups excluding carboxylic acids is 1. The SMILES string of the molecule is Cc1cc(OCC(=O)NCCCN2CCOCC2)c2c3c(c(=O)oc2c1)CCC3. The Morgan fingerprint density at radius 1 is 1.21 bits per heavy atom. The first-order valence-electron chi connectivity index (χ1n) is 10.4. The summed E-state index contributed by atoms with van der Waals surface area (Å²) in [6.07, 6.45) is 3.42. The number of fused-ring (bicyclic) bond motifs is 3. The number of nitrogens with one attached hydrogen (secondary N) is 1. The first-order valence-corrected chi connectivity index (χ1v) is 10.4. The number of rotatable bonds is 7. The third-order valence-corrected chi connectivity index (χ3v) is 5.61. The van der Waals surface area contributed by atoms with E-state index < -0.39 is 0 Å². The molecule has 29 heavy (non-hydrogen) atoms. The molecule has 0 unspecified atom stereocenters. The molecule has 1 aromatic heterocycles. The molecule has 0 radical (unpaired) electrons. The highest BCUT2D eigenvalue weighted by Gasteiger charge is 2.22. The Balaban J connectivity index is 1.36. The fourth-order valence-electron chi connectivity index (χ4n) is 4.17. The highest BCUT2D eigenvalue weighted by atomic mass is 16.5. The van der Waals surface area contributed by atoms with Crippen LogP contribution in [-0.4, -0.2) is 56.8 Å². The number of hydrogen-bond donors (Lipinski definition) is 1. The van der Waals surface area contributed by atoms with Crippen LogP contribution in [0.5, 0.6) is 5.75 Å². The number of carbonyl (C=O) groups is 1. The lowest BCUT2D eigenvalue weighted by Gasteiger charge is -2.26. The molecule has 7 heteroatoms. The maximum Gasteiger partial charge on any atom is 0.339 e. The predicted molar refractivity (Wildman–Crippen MR) is 110 cm³/mol. The van der Waals surface area contributed by atoms with Crippen LogP contribution in [0.3, 0.4) is 0 Å². The Labute approximate surface area is 170 Å². The maximum atomic E-state index is 12.2. The number of amides is 1. The van der Waals surface area contributed by atoms with E-state index in [1.807, 2.05) is 19.1 Å². The molecule has 2 aromatic rings. The third-order valence-electron chi connectivity index (χ3n) is 5.61. The molecule has 0 saturated carbocycles. The molecule has 1 amide bonds. The van der Waals surface area contributed by atoms with Gasteiger partial charge in [-0.25, -0.2) is 4.79 Å². The van der Waals surface area contributed by atoms with Gasteiger partial charge in [-0.3, -0.25) is 9.69 Å². The predicted octanol–water partition coefficient (Wildman–Crippen LogP) is 1.81. The first kappa shape index (κ1) is 19.9. The lowest BCUT2D eigenvalue weighted by molar-refractivity contribution is -0.123. The largest absolute Gasteiger partial charge is 0.483 e. The van der Waals surface area contributed by atoms with Crippen molar-refractivity contribution >= 4 is 16.9 Å². The summed E-state index contributed by atoms with van der Waals surface area (Å²) in [6, 6.07) is 3.76. The zero-order chi connectivity index (χ0) is 20.2. The van der Waals surface area contributed by atoms with Gasteiger partial charge >= 0.3 is 5.63 Å². The molecule has 1 N–H and O–H groups in total. The van der Waals surface area contributed by atoms with Crippen LogP contribution in [0.15, 0.2) is 21.3 Å². The molecule has 4 rings (SSSR count). The van der Waals surface area contributed by atoms with Gasteiger partial charge in [0.25, 0.3) is 5.91 Å². The highest BCUT2D eigenvalue weighted by Crippen LogP contribution is 2.35. The molecular formula is C22H28N2O5. The van der Waals surface area contributed by atoms with Gasteiger partial charge in [0, 0.05) is 25.2 Å². The number of aryl methyl sites for hydroxylation is 2. The number of morpholine rings is 1. The standard InChI is InChI=1S/C22H28N2O5/c1-15-12-18(21-16-4-2-5-17(16)22(26)29-19(21)13-15)28-14-20(25)23-6-3-7-24-8-10-27-11-9-24/h12-13H,2-11,14H2,1H3,(H,23,25). The summed E-state index contributed by atoms with van der Waals surface area (Å²) < 4.78 is 16.7. The van der Waals surface area contributed by atoms with Crippen molar-refractivity contribution in [3.63, 3.8) is 0 Å². The second-order valence-electron chi connectivity index (χ2n) is 7.78. The summed E-state index contributed by atoms with van der Waals surface area (Å²) in [5, 5.41) is 3.76. The van der Waals surface area contributed by atoms with Crippen molar-refractivity contribution in [2.45, 2.75) is 32.6 Å². The smallest absolute Gasteiger partial charge is 0.339 e. The number of nitrogens with zero attached hydrogens (tertiary/aromatic N) is 1. The van der Waals surface area contributed by atoms with E-state index in [0.29, 0.717) is 17.9 Å². The van der Waals surface area contributed by atoms with Crippen molar-refractivity contribution < 1.29 is 18.7 Å². The second kappa shape index (κ2) is 8.97. The Hall–Kier alpha value is -2.38. The van der Waals surface area contributed by atoms with Gasteiger partial charge in [-0.2, -0.15) is 0 Å². The molecular weight excluding hydrogens is 372 g/mol. The zero-order valence-corrected chi connectivity index (χ0v) is 16.9. The Morgan fingerprint density at radius 3 is 2.83 bits per heavy atom. The van der Waals surface area contributed by atoms with Crippen LogP contribution in [0, 0.1) is 6.92 Å². The molecule has 7 nitrogen and oxygen atoms in total. The van der Waals surface area contributed by atoms with Crippen LogP contribution < -0.4 is 15.7 Å². The van der Waals surface area contributed by atoms with E-state index in [0.717, 1.165) is 80.6 Å². The Kier molecular flexibility index (Phi) is 6.16. The minimum Gasteiger partial charge on any atom is -0.483 e. The van der Waals surface area contributed by atoms with E-state index in [9.17, 15) is 9.59 Å². The van der Waals surface area contributed by atoms with Crippen LogP contribution in [0.25, 0.3) is 11.0 Å². The van der Waals surface area contributed by atoms with Gasteiger partial charge in [0.15, 0.2) is 6.61 Å². The fourth-order valence-corrected chi connectivity index (χ4v) is 4.17. The van der Waals surface area contributed by atoms with E-state index in [-0.39, 0.29) is 18.1 Å². The maximum absolute atomic E-state index is 12.2. The minimum absolute atomic E-state index is 0.0516. The summed E-state index contributed by atoms with van der Waals surface area (Å²) in [7, 11) is 0. The van der Waals surface area contributed by atoms with Crippen LogP contribution in [0.2, 0.25) is 0 Å². The summed E-state index contributed by atoms with van der Waals surface area (Å²) in [4.78, 5) is 26.8. The fraction of sp³-hybridized carbons (Fsp3) is 0.545. The molecule has 1 aliphatic carbocycles. The van der Waals surface area contributed by atoms with Gasteiger partial charge in [-0.05, 0) is 62.4 Å². The van der Waals surface area contributed by atoms with Crippen LogP contribution in [0.4, 0.5) is 0 Å². The number of hydrogen-bond acceptors (Lipinski definition) is 6. The molecule has 2 heterocycles. The minimum atomic E-state index is -0.250. The van der Waals surface area contributed by atoms with Crippen molar-refractivity contribution in [2.75, 3.05) is 46.0 Å². The topological polar surface area (TPSA) is 81.0 Å². The van der Waals surface area contributed by atoms with Gasteiger partial charge in [0.1, 0.15) is 11.3 Å². The van der Waals surface area contributed by atoms with E-state index in [2.05, 4.69) is 10.2 Å². The van der Waals surface area contributed by atoms with E-state index in [1.54, 1.807) is 0 Å². The summed E-state index contributed by atoms with van der Waals surface area (Å²) >= 11 is 0. The molecule has 1 saturated heterocycles. The van der Waals surface area contributed by atoms with E-state index in [4.69, 9.17) is 13.9 Å². The van der Waals surface area contributed by atoms with Gasteiger partial charge in [0.2, 0.25) is 0 Å². The average Bonchev–Trinajstić information content (AvgIpc) is 3.20. The molecule has 0 bridgehead atoms. The first-order chi connectivity index (χ1) is 14.1. The number of ether oxygens (including phenoxy) is 2. The summed E-state index contributed by atoms with van der Waals surface area (Å²) in [5.74, 6) is 0.473. The van der Waals surface area contributed by atoms with Crippen molar-refractivity contribution in [2.24, 2.45) is 0 Å². The van der Waals surface area contributed by atoms with Gasteiger partial charge in [0.05, 0.1) is 18.6 Å². The van der Waals surface area contributed by atoms with Crippen molar-refractivity contribution in [1.82, 2.24) is 10.2 Å². The lowest BCUT2D eigenvalue weighted by Crippen LogP contribution is -2.38. The average molecular weight is 400 g/mol. The Morgan fingerprint density at radius 2 is 2.00 bits per heavy atom. The van der Waals surface area contributed by atoms with Crippen LogP contribution in [-0.2, 0) is 22.4 Å². The second-order valence-corrected chi connectivity index (χ2v) is 7.78. The van der Waals surface area contributed by atoms with Crippen LogP contribution in [0.1, 0.15) is 29.5 Å². The quantitative estimate of drug-likeness (QED) is 0.564. The summed E-state index contributed by atoms with van der Waals surface area (Å²) in [5.41, 5.74) is 2.98. The monoisotopic (exact) mass is 400 g/mol. The highest BCUT2D eigenvalue weighted by molar-refractivity contribution is 5.89. The van der Waals surface area contributed by atoms with E-state index >= 15 is 0 Å². The molecule has 1 aliphatic heterocycles. The molecule has 1 aromatic carbocycles. The molecule has 1 fully saturated rings. The van der Waals surface area contributed by atoms with Crippen molar-refractivity contribution in [1.29, 1.82) is 0 Å². The lowest BCUT2D eigenvalue weighted by atomic mass is 10.0. The molecule has 156 valence electrons. The molecule has 0 spiro atoms. The van der Waals surface area contributed by atoms with Gasteiger partial charge in [-0.1, -0.05) is 0 Å². The Bertz CT molecular complexity index is 946. The molecule has 0 atom stereocenters.